The van der Waals surface area contributed by atoms with Crippen LogP contribution >= 0.6 is 0 Å². The van der Waals surface area contributed by atoms with E-state index >= 15 is 0 Å². The number of fused-ring (bicyclic) bond motifs is 1. The van der Waals surface area contributed by atoms with Crippen LogP contribution in [0.25, 0.3) is 0 Å². The highest BCUT2D eigenvalue weighted by Crippen LogP contribution is 2.20. The summed E-state index contributed by atoms with van der Waals surface area (Å²) in [5.41, 5.74) is 4.43. The fourth-order valence-corrected chi connectivity index (χ4v) is 2.68. The smallest absolute Gasteiger partial charge is 0.252 e. The fraction of sp³-hybridized carbons (Fsp3) is 0.222. The van der Waals surface area contributed by atoms with Gasteiger partial charge in [-0.2, -0.15) is 0 Å². The molecule has 1 aliphatic rings. The monoisotopic (exact) mass is 294 g/mol. The lowest BCUT2D eigenvalue weighted by Gasteiger charge is -2.25. The first-order valence-corrected chi connectivity index (χ1v) is 7.31. The minimum atomic E-state index is -0.540. The number of amides is 2. The van der Waals surface area contributed by atoms with Crippen molar-refractivity contribution in [2.24, 2.45) is 0 Å². The van der Waals surface area contributed by atoms with Crippen LogP contribution in [-0.4, -0.2) is 17.9 Å². The Balaban J connectivity index is 1.79. The summed E-state index contributed by atoms with van der Waals surface area (Å²) < 4.78 is 0. The predicted octanol–water partition coefficient (Wildman–Crippen LogP) is 2.60. The maximum Gasteiger partial charge on any atom is 0.252 e. The highest BCUT2D eigenvalue weighted by molar-refractivity contribution is 6.04. The molecule has 4 heteroatoms. The molecule has 3 rings (SSSR count). The lowest BCUT2D eigenvalue weighted by atomic mass is 9.95. The molecule has 2 aromatic carbocycles. The van der Waals surface area contributed by atoms with Gasteiger partial charge in [0.15, 0.2) is 0 Å². The van der Waals surface area contributed by atoms with Gasteiger partial charge in [0.1, 0.15) is 6.04 Å². The van der Waals surface area contributed by atoms with Gasteiger partial charge < -0.3 is 10.6 Å². The summed E-state index contributed by atoms with van der Waals surface area (Å²) in [6.45, 7) is 3.93. The number of nitrogens with one attached hydrogen (secondary N) is 2. The summed E-state index contributed by atoms with van der Waals surface area (Å²) in [4.78, 5) is 24.5. The van der Waals surface area contributed by atoms with E-state index < -0.39 is 6.04 Å². The third-order valence-corrected chi connectivity index (χ3v) is 3.96. The molecular formula is C18H18N2O2. The van der Waals surface area contributed by atoms with Crippen LogP contribution in [0.1, 0.15) is 27.0 Å². The third-order valence-electron chi connectivity index (χ3n) is 3.96. The van der Waals surface area contributed by atoms with Crippen molar-refractivity contribution in [2.45, 2.75) is 26.3 Å². The van der Waals surface area contributed by atoms with Gasteiger partial charge in [0, 0.05) is 17.7 Å². The van der Waals surface area contributed by atoms with Crippen molar-refractivity contribution >= 4 is 17.5 Å². The molecule has 0 spiro atoms. The third kappa shape index (κ3) is 2.72. The topological polar surface area (TPSA) is 58.2 Å². The summed E-state index contributed by atoms with van der Waals surface area (Å²) in [6.07, 6.45) is 0.513. The zero-order chi connectivity index (χ0) is 15.7. The Kier molecular flexibility index (Phi) is 3.67. The Labute approximate surface area is 129 Å². The zero-order valence-electron chi connectivity index (χ0n) is 12.6. The summed E-state index contributed by atoms with van der Waals surface area (Å²) >= 11 is 0. The van der Waals surface area contributed by atoms with Gasteiger partial charge >= 0.3 is 0 Å². The Bertz CT molecular complexity index is 753. The van der Waals surface area contributed by atoms with Crippen LogP contribution in [0.15, 0.2) is 42.5 Å². The minimum Gasteiger partial charge on any atom is -0.340 e. The molecule has 0 saturated heterocycles. The van der Waals surface area contributed by atoms with Crippen LogP contribution in [0.3, 0.4) is 0 Å². The van der Waals surface area contributed by atoms with Crippen molar-refractivity contribution in [3.8, 4) is 0 Å². The highest BCUT2D eigenvalue weighted by atomic mass is 16.2. The van der Waals surface area contributed by atoms with E-state index in [1.54, 1.807) is 6.07 Å². The van der Waals surface area contributed by atoms with E-state index in [0.29, 0.717) is 12.0 Å². The van der Waals surface area contributed by atoms with E-state index in [-0.39, 0.29) is 11.8 Å². The molecule has 22 heavy (non-hydrogen) atoms. The van der Waals surface area contributed by atoms with Crippen molar-refractivity contribution in [3.05, 3.63) is 64.7 Å². The number of anilines is 1. The predicted molar refractivity (Wildman–Crippen MR) is 85.9 cm³/mol. The highest BCUT2D eigenvalue weighted by Gasteiger charge is 2.28. The van der Waals surface area contributed by atoms with Gasteiger partial charge in [-0.05, 0) is 42.7 Å². The summed E-state index contributed by atoms with van der Waals surface area (Å²) in [5, 5.41) is 5.69. The molecule has 0 aliphatic carbocycles. The van der Waals surface area contributed by atoms with Crippen LogP contribution in [0.2, 0.25) is 0 Å². The quantitative estimate of drug-likeness (QED) is 0.894. The molecular weight excluding hydrogens is 276 g/mol. The molecule has 1 heterocycles. The Morgan fingerprint density at radius 1 is 1.18 bits per heavy atom. The lowest BCUT2D eigenvalue weighted by Crippen LogP contribution is -2.48. The van der Waals surface area contributed by atoms with Crippen molar-refractivity contribution in [1.82, 2.24) is 5.32 Å². The molecule has 0 radical (unpaired) electrons. The van der Waals surface area contributed by atoms with Gasteiger partial charge in [-0.1, -0.05) is 30.3 Å². The summed E-state index contributed by atoms with van der Waals surface area (Å²) in [7, 11) is 0. The SMILES string of the molecule is Cc1ccc(C)c(NC(=O)C2Cc3ccccc3C(=O)N2)c1. The largest absolute Gasteiger partial charge is 0.340 e. The maximum absolute atomic E-state index is 12.5. The molecule has 1 aliphatic heterocycles. The van der Waals surface area contributed by atoms with Gasteiger partial charge in [0.05, 0.1) is 0 Å². The van der Waals surface area contributed by atoms with Crippen molar-refractivity contribution in [1.29, 1.82) is 0 Å². The number of hydrogen-bond acceptors (Lipinski definition) is 2. The molecule has 1 atom stereocenters. The molecule has 0 bridgehead atoms. The standard InChI is InChI=1S/C18H18N2O2/c1-11-7-8-12(2)15(9-11)19-18(22)16-10-13-5-3-4-6-14(13)17(21)20-16/h3-9,16H,10H2,1-2H3,(H,19,22)(H,20,21). The van der Waals surface area contributed by atoms with Crippen LogP contribution in [-0.2, 0) is 11.2 Å². The fourth-order valence-electron chi connectivity index (χ4n) is 2.68. The Hall–Kier alpha value is -2.62. The number of hydrogen-bond donors (Lipinski definition) is 2. The van der Waals surface area contributed by atoms with Gasteiger partial charge in [-0.25, -0.2) is 0 Å². The van der Waals surface area contributed by atoms with E-state index in [1.165, 1.54) is 0 Å². The van der Waals surface area contributed by atoms with Crippen molar-refractivity contribution < 1.29 is 9.59 Å². The zero-order valence-corrected chi connectivity index (χ0v) is 12.6. The van der Waals surface area contributed by atoms with Crippen molar-refractivity contribution in [2.75, 3.05) is 5.32 Å². The summed E-state index contributed by atoms with van der Waals surface area (Å²) in [5.74, 6) is -0.375. The van der Waals surface area contributed by atoms with E-state index in [0.717, 1.165) is 22.4 Å². The van der Waals surface area contributed by atoms with Gasteiger partial charge in [-0.15, -0.1) is 0 Å². The van der Waals surface area contributed by atoms with Gasteiger partial charge in [0.2, 0.25) is 5.91 Å². The van der Waals surface area contributed by atoms with E-state index in [9.17, 15) is 9.59 Å². The Morgan fingerprint density at radius 3 is 2.77 bits per heavy atom. The van der Waals surface area contributed by atoms with Gasteiger partial charge in [0.25, 0.3) is 5.91 Å². The second-order valence-electron chi connectivity index (χ2n) is 5.69. The maximum atomic E-state index is 12.5. The number of carbonyl (C=O) groups excluding carboxylic acids is 2. The average molecular weight is 294 g/mol. The summed E-state index contributed by atoms with van der Waals surface area (Å²) in [6, 6.07) is 12.8. The van der Waals surface area contributed by atoms with Gasteiger partial charge in [-0.3, -0.25) is 9.59 Å². The number of carbonyl (C=O) groups is 2. The molecule has 2 N–H and O–H groups in total. The van der Waals surface area contributed by atoms with E-state index in [2.05, 4.69) is 10.6 Å². The molecule has 4 nitrogen and oxygen atoms in total. The first kappa shape index (κ1) is 14.3. The molecule has 0 aromatic heterocycles. The normalized spacial score (nSPS) is 16.6. The number of aryl methyl sites for hydroxylation is 2. The molecule has 112 valence electrons. The molecule has 1 unspecified atom stereocenters. The first-order chi connectivity index (χ1) is 10.5. The molecule has 2 aromatic rings. The van der Waals surface area contributed by atoms with Crippen LogP contribution in [0.5, 0.6) is 0 Å². The first-order valence-electron chi connectivity index (χ1n) is 7.31. The van der Waals surface area contributed by atoms with E-state index in [4.69, 9.17) is 0 Å². The minimum absolute atomic E-state index is 0.184. The molecule has 2 amide bonds. The van der Waals surface area contributed by atoms with Crippen LogP contribution < -0.4 is 10.6 Å². The lowest BCUT2D eigenvalue weighted by molar-refractivity contribution is -0.118. The van der Waals surface area contributed by atoms with E-state index in [1.807, 2.05) is 50.2 Å². The number of benzene rings is 2. The molecule has 0 saturated carbocycles. The van der Waals surface area contributed by atoms with Crippen molar-refractivity contribution in [3.63, 3.8) is 0 Å². The van der Waals surface area contributed by atoms with Crippen LogP contribution in [0, 0.1) is 13.8 Å². The number of rotatable bonds is 2. The average Bonchev–Trinajstić information content (AvgIpc) is 2.51. The second kappa shape index (κ2) is 5.64. The van der Waals surface area contributed by atoms with Crippen LogP contribution in [0.4, 0.5) is 5.69 Å². The Morgan fingerprint density at radius 2 is 1.95 bits per heavy atom. The molecule has 0 fully saturated rings. The second-order valence-corrected chi connectivity index (χ2v) is 5.69.